The molecule has 1 aromatic carbocycles. The molecule has 0 saturated carbocycles. The molecule has 1 N–H and O–H groups in total. The van der Waals surface area contributed by atoms with Crippen molar-refractivity contribution in [1.82, 2.24) is 19.6 Å². The highest BCUT2D eigenvalue weighted by molar-refractivity contribution is 7.15. The molecule has 0 aliphatic carbocycles. The van der Waals surface area contributed by atoms with E-state index in [2.05, 4.69) is 20.4 Å². The van der Waals surface area contributed by atoms with Crippen molar-refractivity contribution in [2.75, 3.05) is 5.32 Å². The first-order valence-corrected chi connectivity index (χ1v) is 8.76. The van der Waals surface area contributed by atoms with Gasteiger partial charge < -0.3 is 0 Å². The Hall–Kier alpha value is -2.48. The zero-order chi connectivity index (χ0) is 17.4. The summed E-state index contributed by atoms with van der Waals surface area (Å²) in [6.45, 7) is 0. The highest BCUT2D eigenvalue weighted by atomic mass is 35.5. The van der Waals surface area contributed by atoms with E-state index in [4.69, 9.17) is 23.2 Å². The van der Waals surface area contributed by atoms with Gasteiger partial charge in [-0.2, -0.15) is 4.98 Å². The van der Waals surface area contributed by atoms with Crippen molar-refractivity contribution in [3.05, 3.63) is 63.7 Å². The van der Waals surface area contributed by atoms with Crippen LogP contribution in [-0.2, 0) is 0 Å². The van der Waals surface area contributed by atoms with Gasteiger partial charge in [-0.05, 0) is 30.3 Å². The van der Waals surface area contributed by atoms with Gasteiger partial charge in [0.2, 0.25) is 4.96 Å². The third-order valence-corrected chi connectivity index (χ3v) is 4.82. The van der Waals surface area contributed by atoms with E-state index in [1.165, 1.54) is 17.5 Å². The third-order valence-electron chi connectivity index (χ3n) is 3.44. The van der Waals surface area contributed by atoms with Crippen LogP contribution in [0, 0.1) is 0 Å². The average molecular weight is 390 g/mol. The fourth-order valence-electron chi connectivity index (χ4n) is 2.28. The van der Waals surface area contributed by atoms with Gasteiger partial charge in [0.25, 0.3) is 11.9 Å². The molecule has 4 aromatic rings. The first kappa shape index (κ1) is 16.0. The molecular formula is C16H9Cl2N5OS. The molecule has 0 bridgehead atoms. The van der Waals surface area contributed by atoms with E-state index in [0.717, 1.165) is 11.3 Å². The number of carbonyl (C=O) groups is 1. The maximum absolute atomic E-state index is 12.2. The number of hydrogen-bond acceptors (Lipinski definition) is 5. The van der Waals surface area contributed by atoms with Crippen LogP contribution < -0.4 is 5.32 Å². The lowest BCUT2D eigenvalue weighted by molar-refractivity contribution is 0.102. The number of benzene rings is 1. The van der Waals surface area contributed by atoms with Crippen LogP contribution in [0.5, 0.6) is 0 Å². The zero-order valence-corrected chi connectivity index (χ0v) is 14.8. The maximum Gasteiger partial charge on any atom is 0.259 e. The zero-order valence-electron chi connectivity index (χ0n) is 12.5. The van der Waals surface area contributed by atoms with Crippen molar-refractivity contribution in [3.63, 3.8) is 0 Å². The average Bonchev–Trinajstić information content (AvgIpc) is 3.18. The van der Waals surface area contributed by atoms with Gasteiger partial charge >= 0.3 is 0 Å². The number of anilines is 1. The Morgan fingerprint density at radius 3 is 2.92 bits per heavy atom. The fourth-order valence-corrected chi connectivity index (χ4v) is 3.49. The van der Waals surface area contributed by atoms with Crippen LogP contribution in [0.3, 0.4) is 0 Å². The number of nitrogens with zero attached hydrogens (tertiary/aromatic N) is 4. The summed E-state index contributed by atoms with van der Waals surface area (Å²) in [6, 6.07) is 8.56. The summed E-state index contributed by atoms with van der Waals surface area (Å²) < 4.78 is 1.63. The lowest BCUT2D eigenvalue weighted by Gasteiger charge is -2.03. The Morgan fingerprint density at radius 2 is 2.12 bits per heavy atom. The van der Waals surface area contributed by atoms with Crippen LogP contribution >= 0.6 is 34.5 Å². The molecule has 1 amide bonds. The van der Waals surface area contributed by atoms with Crippen molar-refractivity contribution in [2.24, 2.45) is 0 Å². The molecule has 0 fully saturated rings. The van der Waals surface area contributed by atoms with E-state index in [1.807, 2.05) is 5.38 Å². The number of amides is 1. The van der Waals surface area contributed by atoms with E-state index >= 15 is 0 Å². The number of thiazole rings is 1. The van der Waals surface area contributed by atoms with Gasteiger partial charge in [0, 0.05) is 28.4 Å². The second-order valence-corrected chi connectivity index (χ2v) is 6.75. The number of nitrogens with one attached hydrogen (secondary N) is 1. The number of hydrogen-bond donors (Lipinski definition) is 1. The highest BCUT2D eigenvalue weighted by Gasteiger charge is 2.16. The van der Waals surface area contributed by atoms with Gasteiger partial charge in [-0.15, -0.1) is 16.4 Å². The van der Waals surface area contributed by atoms with Gasteiger partial charge in [-0.25, -0.2) is 4.52 Å². The predicted octanol–water partition coefficient (Wildman–Crippen LogP) is 4.41. The number of pyridine rings is 1. The molecule has 3 aromatic heterocycles. The molecule has 0 aliphatic heterocycles. The number of carbonyl (C=O) groups excluding carboxylic acids is 1. The lowest BCUT2D eigenvalue weighted by Crippen LogP contribution is -2.13. The van der Waals surface area contributed by atoms with Crippen LogP contribution in [0.1, 0.15) is 10.4 Å². The summed E-state index contributed by atoms with van der Waals surface area (Å²) >= 11 is 13.7. The van der Waals surface area contributed by atoms with Crippen LogP contribution in [0.15, 0.2) is 48.1 Å². The van der Waals surface area contributed by atoms with Crippen molar-refractivity contribution >= 4 is 51.4 Å². The molecule has 0 spiro atoms. The molecule has 4 rings (SSSR count). The highest BCUT2D eigenvalue weighted by Crippen LogP contribution is 2.33. The van der Waals surface area contributed by atoms with Crippen LogP contribution in [0.4, 0.5) is 5.95 Å². The summed E-state index contributed by atoms with van der Waals surface area (Å²) in [5, 5.41) is 10.0. The Balaban J connectivity index is 1.69. The second kappa shape index (κ2) is 6.44. The summed E-state index contributed by atoms with van der Waals surface area (Å²) in [7, 11) is 0. The SMILES string of the molecule is O=C(Nc1nc2scc(-c3cc(Cl)ccc3Cl)n2n1)c1cccnc1. The van der Waals surface area contributed by atoms with Gasteiger partial charge in [0.05, 0.1) is 16.3 Å². The number of halogens is 2. The molecule has 0 radical (unpaired) electrons. The maximum atomic E-state index is 12.2. The van der Waals surface area contributed by atoms with Gasteiger partial charge in [0.15, 0.2) is 0 Å². The molecule has 124 valence electrons. The Labute approximate surface area is 156 Å². The quantitative estimate of drug-likeness (QED) is 0.563. The van der Waals surface area contributed by atoms with E-state index in [1.54, 1.807) is 41.0 Å². The van der Waals surface area contributed by atoms with Crippen molar-refractivity contribution in [3.8, 4) is 11.3 Å². The van der Waals surface area contributed by atoms with Gasteiger partial charge in [-0.1, -0.05) is 23.2 Å². The Morgan fingerprint density at radius 1 is 1.24 bits per heavy atom. The number of aromatic nitrogens is 4. The predicted molar refractivity (Wildman–Crippen MR) is 98.5 cm³/mol. The standard InChI is InChI=1S/C16H9Cl2N5OS/c17-10-3-4-12(18)11(6-10)13-8-25-16-21-15(22-23(13)16)20-14(24)9-2-1-5-19-7-9/h1-8H,(H,20,22,24). The first-order valence-electron chi connectivity index (χ1n) is 7.13. The third kappa shape index (κ3) is 3.09. The van der Waals surface area contributed by atoms with Crippen molar-refractivity contribution in [2.45, 2.75) is 0 Å². The van der Waals surface area contributed by atoms with Crippen LogP contribution in [-0.4, -0.2) is 25.5 Å². The molecule has 0 unspecified atom stereocenters. The molecular weight excluding hydrogens is 381 g/mol. The number of fused-ring (bicyclic) bond motifs is 1. The topological polar surface area (TPSA) is 72.2 Å². The molecule has 6 nitrogen and oxygen atoms in total. The summed E-state index contributed by atoms with van der Waals surface area (Å²) in [6.07, 6.45) is 3.08. The molecule has 0 saturated heterocycles. The molecule has 3 heterocycles. The first-order chi connectivity index (χ1) is 12.1. The van der Waals surface area contributed by atoms with Crippen molar-refractivity contribution in [1.29, 1.82) is 0 Å². The molecule has 0 aliphatic rings. The van der Waals surface area contributed by atoms with E-state index in [-0.39, 0.29) is 11.9 Å². The van der Waals surface area contributed by atoms with Crippen LogP contribution in [0.25, 0.3) is 16.2 Å². The van der Waals surface area contributed by atoms with E-state index in [0.29, 0.717) is 20.6 Å². The fraction of sp³-hybridized carbons (Fsp3) is 0. The monoisotopic (exact) mass is 389 g/mol. The minimum atomic E-state index is -0.325. The summed E-state index contributed by atoms with van der Waals surface area (Å²) in [5.41, 5.74) is 1.93. The summed E-state index contributed by atoms with van der Waals surface area (Å²) in [5.74, 6) is -0.117. The lowest BCUT2D eigenvalue weighted by atomic mass is 10.2. The van der Waals surface area contributed by atoms with Crippen molar-refractivity contribution < 1.29 is 4.79 Å². The largest absolute Gasteiger partial charge is 0.289 e. The summed E-state index contributed by atoms with van der Waals surface area (Å²) in [4.78, 5) is 21.1. The smallest absolute Gasteiger partial charge is 0.259 e. The van der Waals surface area contributed by atoms with Gasteiger partial charge in [0.1, 0.15) is 0 Å². The normalized spacial score (nSPS) is 11.0. The minimum Gasteiger partial charge on any atom is -0.289 e. The molecule has 0 atom stereocenters. The van der Waals surface area contributed by atoms with Crippen LogP contribution in [0.2, 0.25) is 10.0 Å². The Bertz CT molecular complexity index is 1080. The van der Waals surface area contributed by atoms with E-state index in [9.17, 15) is 4.79 Å². The Kier molecular flexibility index (Phi) is 4.12. The van der Waals surface area contributed by atoms with E-state index < -0.39 is 0 Å². The van der Waals surface area contributed by atoms with Gasteiger partial charge in [-0.3, -0.25) is 15.1 Å². The molecule has 9 heteroatoms. The second-order valence-electron chi connectivity index (χ2n) is 5.07. The number of rotatable bonds is 3. The molecule has 25 heavy (non-hydrogen) atoms. The minimum absolute atomic E-state index is 0.208.